The molecular weight excluding hydrogens is 434 g/mol. The Labute approximate surface area is 169 Å². The highest BCUT2D eigenvalue weighted by Crippen LogP contribution is 2.25. The first-order valence-corrected chi connectivity index (χ1v) is 9.83. The van der Waals surface area contributed by atoms with Gasteiger partial charge in [0.15, 0.2) is 0 Å². The third-order valence-corrected chi connectivity index (χ3v) is 5.19. The van der Waals surface area contributed by atoms with Gasteiger partial charge in [-0.3, -0.25) is 14.9 Å². The Kier molecular flexibility index (Phi) is 7.81. The number of hydrazone groups is 1. The standard InChI is InChI=1S/C18H18BrN3O4S/c1-12(14-5-8-17(26-2)16(19)9-14)20-21-18(23)11-27-10-13-3-6-15(7-4-13)22(24)25/h3-9H,10-11H2,1-2H3,(H,21,23)/b20-12+. The molecule has 0 radical (unpaired) electrons. The summed E-state index contributed by atoms with van der Waals surface area (Å²) in [6, 6.07) is 11.8. The molecule has 27 heavy (non-hydrogen) atoms. The van der Waals surface area contributed by atoms with Crippen molar-refractivity contribution in [1.82, 2.24) is 5.43 Å². The number of nitrogens with zero attached hydrogens (tertiary/aromatic N) is 2. The summed E-state index contributed by atoms with van der Waals surface area (Å²) in [6.07, 6.45) is 0. The van der Waals surface area contributed by atoms with Crippen LogP contribution in [-0.4, -0.2) is 29.4 Å². The van der Waals surface area contributed by atoms with Crippen LogP contribution >= 0.6 is 27.7 Å². The molecule has 0 spiro atoms. The number of methoxy groups -OCH3 is 1. The van der Waals surface area contributed by atoms with E-state index in [1.165, 1.54) is 23.9 Å². The minimum absolute atomic E-state index is 0.0523. The van der Waals surface area contributed by atoms with E-state index in [2.05, 4.69) is 26.5 Å². The van der Waals surface area contributed by atoms with Crippen molar-refractivity contribution >= 4 is 45.0 Å². The van der Waals surface area contributed by atoms with Crippen molar-refractivity contribution in [2.24, 2.45) is 5.10 Å². The number of benzene rings is 2. The van der Waals surface area contributed by atoms with Crippen LogP contribution in [0.4, 0.5) is 5.69 Å². The molecule has 0 heterocycles. The zero-order chi connectivity index (χ0) is 19.8. The maximum Gasteiger partial charge on any atom is 0.269 e. The fourth-order valence-corrected chi connectivity index (χ4v) is 3.43. The SMILES string of the molecule is COc1ccc(/C(C)=N/NC(=O)CSCc2ccc([N+](=O)[O-])cc2)cc1Br. The highest BCUT2D eigenvalue weighted by atomic mass is 79.9. The smallest absolute Gasteiger partial charge is 0.269 e. The molecule has 0 atom stereocenters. The van der Waals surface area contributed by atoms with Gasteiger partial charge in [-0.2, -0.15) is 5.10 Å². The van der Waals surface area contributed by atoms with Crippen LogP contribution in [0.5, 0.6) is 5.75 Å². The first-order valence-electron chi connectivity index (χ1n) is 7.89. The molecule has 0 unspecified atom stereocenters. The van der Waals surface area contributed by atoms with Crippen LogP contribution in [0.15, 0.2) is 52.0 Å². The maximum absolute atomic E-state index is 11.9. The van der Waals surface area contributed by atoms with Crippen molar-refractivity contribution in [3.63, 3.8) is 0 Å². The molecule has 0 fully saturated rings. The number of halogens is 1. The predicted molar refractivity (Wildman–Crippen MR) is 110 cm³/mol. The summed E-state index contributed by atoms with van der Waals surface area (Å²) >= 11 is 4.82. The van der Waals surface area contributed by atoms with E-state index in [0.717, 1.165) is 21.3 Å². The molecule has 0 saturated heterocycles. The van der Waals surface area contributed by atoms with Gasteiger partial charge in [0.2, 0.25) is 5.91 Å². The van der Waals surface area contributed by atoms with Gasteiger partial charge in [0.1, 0.15) is 5.75 Å². The summed E-state index contributed by atoms with van der Waals surface area (Å²) in [4.78, 5) is 22.1. The monoisotopic (exact) mass is 451 g/mol. The van der Waals surface area contributed by atoms with Gasteiger partial charge in [-0.15, -0.1) is 11.8 Å². The Morgan fingerprint density at radius 2 is 2.00 bits per heavy atom. The lowest BCUT2D eigenvalue weighted by atomic mass is 10.1. The Morgan fingerprint density at radius 3 is 2.59 bits per heavy atom. The van der Waals surface area contributed by atoms with Crippen molar-refractivity contribution in [2.75, 3.05) is 12.9 Å². The summed E-state index contributed by atoms with van der Waals surface area (Å²) in [5.41, 5.74) is 5.04. The van der Waals surface area contributed by atoms with Gasteiger partial charge in [-0.05, 0) is 52.2 Å². The van der Waals surface area contributed by atoms with Gasteiger partial charge in [0, 0.05) is 17.9 Å². The third kappa shape index (κ3) is 6.37. The van der Waals surface area contributed by atoms with E-state index < -0.39 is 4.92 Å². The van der Waals surface area contributed by atoms with Crippen LogP contribution in [0, 0.1) is 10.1 Å². The minimum Gasteiger partial charge on any atom is -0.496 e. The number of rotatable bonds is 8. The topological polar surface area (TPSA) is 93.8 Å². The van der Waals surface area contributed by atoms with Gasteiger partial charge in [-0.1, -0.05) is 12.1 Å². The van der Waals surface area contributed by atoms with E-state index >= 15 is 0 Å². The largest absolute Gasteiger partial charge is 0.496 e. The van der Waals surface area contributed by atoms with E-state index in [9.17, 15) is 14.9 Å². The van der Waals surface area contributed by atoms with Crippen LogP contribution in [0.2, 0.25) is 0 Å². The third-order valence-electron chi connectivity index (χ3n) is 3.57. The second-order valence-corrected chi connectivity index (χ2v) is 7.34. The molecule has 0 aliphatic heterocycles. The van der Waals surface area contributed by atoms with Crippen molar-refractivity contribution in [2.45, 2.75) is 12.7 Å². The lowest BCUT2D eigenvalue weighted by molar-refractivity contribution is -0.384. The zero-order valence-corrected chi connectivity index (χ0v) is 17.2. The van der Waals surface area contributed by atoms with Crippen LogP contribution in [0.25, 0.3) is 0 Å². The second-order valence-electron chi connectivity index (χ2n) is 5.50. The van der Waals surface area contributed by atoms with Crippen LogP contribution < -0.4 is 10.2 Å². The fourth-order valence-electron chi connectivity index (χ4n) is 2.11. The molecule has 0 saturated carbocycles. The molecule has 2 aromatic carbocycles. The second kappa shape index (κ2) is 10.1. The first-order chi connectivity index (χ1) is 12.9. The first kappa shape index (κ1) is 20.9. The Hall–Kier alpha value is -2.39. The van der Waals surface area contributed by atoms with Crippen LogP contribution in [0.3, 0.4) is 0 Å². The Bertz CT molecular complexity index is 856. The average molecular weight is 452 g/mol. The van der Waals surface area contributed by atoms with E-state index in [4.69, 9.17) is 4.74 Å². The van der Waals surface area contributed by atoms with Gasteiger partial charge in [-0.25, -0.2) is 5.43 Å². The molecule has 2 aromatic rings. The summed E-state index contributed by atoms with van der Waals surface area (Å²) in [6.45, 7) is 1.80. The number of carbonyl (C=O) groups is 1. The Balaban J connectivity index is 1.82. The van der Waals surface area contributed by atoms with Crippen molar-refractivity contribution in [1.29, 1.82) is 0 Å². The quantitative estimate of drug-likeness (QED) is 0.369. The number of non-ortho nitro benzene ring substituents is 1. The van der Waals surface area contributed by atoms with Crippen molar-refractivity contribution in [3.05, 3.63) is 68.2 Å². The molecule has 1 N–H and O–H groups in total. The predicted octanol–water partition coefficient (Wildman–Crippen LogP) is 4.14. The van der Waals surface area contributed by atoms with Gasteiger partial charge >= 0.3 is 0 Å². The summed E-state index contributed by atoms with van der Waals surface area (Å²) in [7, 11) is 1.59. The number of hydrogen-bond acceptors (Lipinski definition) is 6. The summed E-state index contributed by atoms with van der Waals surface area (Å²) in [5.74, 6) is 1.33. The van der Waals surface area contributed by atoms with E-state index in [1.54, 1.807) is 26.2 Å². The average Bonchev–Trinajstić information content (AvgIpc) is 2.66. The normalized spacial score (nSPS) is 11.1. The van der Waals surface area contributed by atoms with Crippen molar-refractivity contribution < 1.29 is 14.5 Å². The van der Waals surface area contributed by atoms with Gasteiger partial charge in [0.05, 0.1) is 28.0 Å². The lowest BCUT2D eigenvalue weighted by Crippen LogP contribution is -2.21. The Morgan fingerprint density at radius 1 is 1.30 bits per heavy atom. The molecule has 7 nitrogen and oxygen atoms in total. The number of nitrogens with one attached hydrogen (secondary N) is 1. The minimum atomic E-state index is -0.438. The number of hydrogen-bond donors (Lipinski definition) is 1. The summed E-state index contributed by atoms with van der Waals surface area (Å²) < 4.78 is 5.99. The van der Waals surface area contributed by atoms with E-state index in [0.29, 0.717) is 11.5 Å². The molecule has 9 heteroatoms. The molecule has 0 aliphatic carbocycles. The van der Waals surface area contributed by atoms with Crippen LogP contribution in [-0.2, 0) is 10.5 Å². The number of nitro benzene ring substituents is 1. The maximum atomic E-state index is 11.9. The molecule has 2 rings (SSSR count). The summed E-state index contributed by atoms with van der Waals surface area (Å²) in [5, 5.41) is 14.7. The van der Waals surface area contributed by atoms with E-state index in [1.807, 2.05) is 18.2 Å². The molecule has 142 valence electrons. The lowest BCUT2D eigenvalue weighted by Gasteiger charge is -2.07. The number of amides is 1. The number of ether oxygens (including phenoxy) is 1. The van der Waals surface area contributed by atoms with Crippen molar-refractivity contribution in [3.8, 4) is 5.75 Å². The number of thioether (sulfide) groups is 1. The highest BCUT2D eigenvalue weighted by Gasteiger charge is 2.07. The van der Waals surface area contributed by atoms with E-state index in [-0.39, 0.29) is 17.3 Å². The fraction of sp³-hybridized carbons (Fsp3) is 0.222. The molecule has 1 amide bonds. The zero-order valence-electron chi connectivity index (χ0n) is 14.8. The van der Waals surface area contributed by atoms with Gasteiger partial charge < -0.3 is 4.74 Å². The molecule has 0 aliphatic rings. The highest BCUT2D eigenvalue weighted by molar-refractivity contribution is 9.10. The number of carbonyl (C=O) groups excluding carboxylic acids is 1. The molecule has 0 aromatic heterocycles. The molecule has 0 bridgehead atoms. The van der Waals surface area contributed by atoms with Crippen LogP contribution in [0.1, 0.15) is 18.1 Å². The van der Waals surface area contributed by atoms with Gasteiger partial charge in [0.25, 0.3) is 5.69 Å². The molecular formula is C18H18BrN3O4S. The number of nitro groups is 1.